The summed E-state index contributed by atoms with van der Waals surface area (Å²) in [5, 5.41) is 4.40. The Morgan fingerprint density at radius 3 is 2.94 bits per heavy atom. The zero-order valence-corrected chi connectivity index (χ0v) is 10.4. The molecule has 0 aromatic carbocycles. The van der Waals surface area contributed by atoms with Gasteiger partial charge < -0.3 is 9.88 Å². The standard InChI is InChI=1S/C12H18ClN3/c1-2-10-15-12(13)11-9(14-8-5-6-8)4-3-7-16(10)11/h8-9,14H,2-7H2,1H3. The number of rotatable bonds is 3. The van der Waals surface area contributed by atoms with Crippen LogP contribution in [0.25, 0.3) is 0 Å². The normalized spacial score (nSPS) is 24.5. The predicted octanol–water partition coefficient (Wildman–Crippen LogP) is 2.69. The fourth-order valence-corrected chi connectivity index (χ4v) is 2.95. The Kier molecular flexibility index (Phi) is 2.68. The highest BCUT2D eigenvalue weighted by Crippen LogP contribution is 2.34. The average molecular weight is 240 g/mol. The Morgan fingerprint density at radius 2 is 2.25 bits per heavy atom. The van der Waals surface area contributed by atoms with Crippen LogP contribution in [-0.2, 0) is 13.0 Å². The molecule has 0 bridgehead atoms. The lowest BCUT2D eigenvalue weighted by molar-refractivity contribution is 0.388. The summed E-state index contributed by atoms with van der Waals surface area (Å²) in [4.78, 5) is 4.48. The van der Waals surface area contributed by atoms with Crippen molar-refractivity contribution in [1.82, 2.24) is 14.9 Å². The van der Waals surface area contributed by atoms with Gasteiger partial charge in [0.25, 0.3) is 0 Å². The van der Waals surface area contributed by atoms with E-state index in [1.165, 1.54) is 31.4 Å². The van der Waals surface area contributed by atoms with Crippen molar-refractivity contribution in [2.24, 2.45) is 0 Å². The molecule has 3 nitrogen and oxygen atoms in total. The fourth-order valence-electron chi connectivity index (χ4n) is 2.62. The van der Waals surface area contributed by atoms with Gasteiger partial charge in [-0.3, -0.25) is 0 Å². The summed E-state index contributed by atoms with van der Waals surface area (Å²) in [6, 6.07) is 1.16. The molecule has 0 amide bonds. The molecule has 0 saturated heterocycles. The van der Waals surface area contributed by atoms with Crippen LogP contribution in [0.5, 0.6) is 0 Å². The zero-order chi connectivity index (χ0) is 11.1. The van der Waals surface area contributed by atoms with Crippen molar-refractivity contribution in [2.75, 3.05) is 0 Å². The molecule has 1 N–H and O–H groups in total. The number of nitrogens with zero attached hydrogens (tertiary/aromatic N) is 2. The number of nitrogens with one attached hydrogen (secondary N) is 1. The van der Waals surface area contributed by atoms with E-state index in [9.17, 15) is 0 Å². The van der Waals surface area contributed by atoms with Gasteiger partial charge in [0.2, 0.25) is 0 Å². The van der Waals surface area contributed by atoms with Crippen LogP contribution in [0.15, 0.2) is 0 Å². The summed E-state index contributed by atoms with van der Waals surface area (Å²) < 4.78 is 2.33. The van der Waals surface area contributed by atoms with Gasteiger partial charge in [-0.2, -0.15) is 0 Å². The average Bonchev–Trinajstić information content (AvgIpc) is 3.03. The summed E-state index contributed by atoms with van der Waals surface area (Å²) >= 11 is 6.27. The van der Waals surface area contributed by atoms with Gasteiger partial charge in [-0.1, -0.05) is 18.5 Å². The van der Waals surface area contributed by atoms with Gasteiger partial charge >= 0.3 is 0 Å². The molecule has 1 fully saturated rings. The minimum absolute atomic E-state index is 0.432. The SMILES string of the molecule is CCc1nc(Cl)c2n1CCCC2NC1CC1. The molecule has 2 aliphatic rings. The highest BCUT2D eigenvalue weighted by Gasteiger charge is 2.31. The molecular formula is C12H18ClN3. The van der Waals surface area contributed by atoms with Crippen LogP contribution in [0.4, 0.5) is 0 Å². The number of hydrogen-bond acceptors (Lipinski definition) is 2. The van der Waals surface area contributed by atoms with Crippen LogP contribution in [0.2, 0.25) is 5.15 Å². The Hall–Kier alpha value is -0.540. The Balaban J connectivity index is 1.93. The lowest BCUT2D eigenvalue weighted by Crippen LogP contribution is -2.29. The van der Waals surface area contributed by atoms with Crippen LogP contribution in [0, 0.1) is 0 Å². The van der Waals surface area contributed by atoms with Crippen LogP contribution < -0.4 is 5.32 Å². The maximum absolute atomic E-state index is 6.27. The first kappa shape index (κ1) is 10.6. The van der Waals surface area contributed by atoms with Gasteiger partial charge in [0.15, 0.2) is 5.15 Å². The summed E-state index contributed by atoms with van der Waals surface area (Å²) in [5.74, 6) is 1.14. The molecule has 1 atom stereocenters. The van der Waals surface area contributed by atoms with Gasteiger partial charge in [-0.15, -0.1) is 0 Å². The fraction of sp³-hybridized carbons (Fsp3) is 0.750. The predicted molar refractivity (Wildman–Crippen MR) is 64.7 cm³/mol. The molecule has 88 valence electrons. The first-order valence-corrected chi connectivity index (χ1v) is 6.68. The first-order chi connectivity index (χ1) is 7.79. The van der Waals surface area contributed by atoms with Crippen molar-refractivity contribution in [1.29, 1.82) is 0 Å². The van der Waals surface area contributed by atoms with Crippen LogP contribution >= 0.6 is 11.6 Å². The molecule has 1 aliphatic carbocycles. The van der Waals surface area contributed by atoms with Crippen molar-refractivity contribution < 1.29 is 0 Å². The molecule has 3 rings (SSSR count). The van der Waals surface area contributed by atoms with Gasteiger partial charge in [-0.05, 0) is 25.7 Å². The zero-order valence-electron chi connectivity index (χ0n) is 9.67. The van der Waals surface area contributed by atoms with E-state index < -0.39 is 0 Å². The summed E-state index contributed by atoms with van der Waals surface area (Å²) in [7, 11) is 0. The van der Waals surface area contributed by atoms with Crippen molar-refractivity contribution >= 4 is 11.6 Å². The van der Waals surface area contributed by atoms with E-state index in [1.54, 1.807) is 0 Å². The molecule has 1 aromatic heterocycles. The molecule has 1 saturated carbocycles. The molecule has 0 radical (unpaired) electrons. The van der Waals surface area contributed by atoms with Crippen LogP contribution in [0.1, 0.15) is 50.2 Å². The van der Waals surface area contributed by atoms with E-state index >= 15 is 0 Å². The van der Waals surface area contributed by atoms with E-state index in [1.807, 2.05) is 0 Å². The number of imidazole rings is 1. The molecule has 2 heterocycles. The second-order valence-corrected chi connectivity index (χ2v) is 5.20. The Morgan fingerprint density at radius 1 is 1.44 bits per heavy atom. The maximum atomic E-state index is 6.27. The van der Waals surface area contributed by atoms with E-state index in [-0.39, 0.29) is 0 Å². The molecule has 0 spiro atoms. The molecule has 1 unspecified atom stereocenters. The van der Waals surface area contributed by atoms with Crippen LogP contribution in [-0.4, -0.2) is 15.6 Å². The van der Waals surface area contributed by atoms with Crippen molar-refractivity contribution in [3.63, 3.8) is 0 Å². The van der Waals surface area contributed by atoms with Gasteiger partial charge in [0, 0.05) is 19.0 Å². The minimum atomic E-state index is 0.432. The largest absolute Gasteiger partial charge is 0.329 e. The molecule has 1 aliphatic heterocycles. The van der Waals surface area contributed by atoms with Gasteiger partial charge in [0.05, 0.1) is 11.7 Å². The number of aromatic nitrogens is 2. The molecule has 16 heavy (non-hydrogen) atoms. The number of hydrogen-bond donors (Lipinski definition) is 1. The smallest absolute Gasteiger partial charge is 0.152 e. The van der Waals surface area contributed by atoms with Crippen molar-refractivity contribution in [2.45, 2.75) is 57.7 Å². The van der Waals surface area contributed by atoms with E-state index in [2.05, 4.69) is 21.8 Å². The topological polar surface area (TPSA) is 29.9 Å². The summed E-state index contributed by atoms with van der Waals surface area (Å²) in [6.45, 7) is 3.23. The Labute approximate surface area is 101 Å². The van der Waals surface area contributed by atoms with Crippen molar-refractivity contribution in [3.05, 3.63) is 16.7 Å². The van der Waals surface area contributed by atoms with Gasteiger partial charge in [-0.25, -0.2) is 4.98 Å². The first-order valence-electron chi connectivity index (χ1n) is 6.30. The third-order valence-corrected chi connectivity index (χ3v) is 3.85. The lowest BCUT2D eigenvalue weighted by Gasteiger charge is -2.26. The van der Waals surface area contributed by atoms with Crippen molar-refractivity contribution in [3.8, 4) is 0 Å². The van der Waals surface area contributed by atoms with E-state index in [4.69, 9.17) is 11.6 Å². The summed E-state index contributed by atoms with van der Waals surface area (Å²) in [5.41, 5.74) is 1.23. The minimum Gasteiger partial charge on any atom is -0.329 e. The highest BCUT2D eigenvalue weighted by molar-refractivity contribution is 6.30. The Bertz CT molecular complexity index is 395. The third-order valence-electron chi connectivity index (χ3n) is 3.58. The molecule has 4 heteroatoms. The second-order valence-electron chi connectivity index (χ2n) is 4.85. The number of aryl methyl sites for hydroxylation is 1. The molecule has 1 aromatic rings. The highest BCUT2D eigenvalue weighted by atomic mass is 35.5. The third kappa shape index (κ3) is 1.76. The van der Waals surface area contributed by atoms with E-state index in [0.717, 1.165) is 30.0 Å². The van der Waals surface area contributed by atoms with Crippen LogP contribution in [0.3, 0.4) is 0 Å². The van der Waals surface area contributed by atoms with E-state index in [0.29, 0.717) is 6.04 Å². The quantitative estimate of drug-likeness (QED) is 0.879. The lowest BCUT2D eigenvalue weighted by atomic mass is 10.0. The monoisotopic (exact) mass is 239 g/mol. The summed E-state index contributed by atoms with van der Waals surface area (Å²) in [6.07, 6.45) is 6.05. The number of halogens is 1. The maximum Gasteiger partial charge on any atom is 0.152 e. The molecular weight excluding hydrogens is 222 g/mol. The van der Waals surface area contributed by atoms with Gasteiger partial charge in [0.1, 0.15) is 5.82 Å². The second kappa shape index (κ2) is 4.04. The number of fused-ring (bicyclic) bond motifs is 1.